The number of aromatic nitrogens is 1. The molecule has 6 nitrogen and oxygen atoms in total. The highest BCUT2D eigenvalue weighted by atomic mass is 32.2. The van der Waals surface area contributed by atoms with Crippen molar-refractivity contribution in [3.63, 3.8) is 0 Å². The fraction of sp³-hybridized carbons (Fsp3) is 0.200. The molecule has 0 aliphatic carbocycles. The van der Waals surface area contributed by atoms with Crippen molar-refractivity contribution in [1.29, 1.82) is 0 Å². The van der Waals surface area contributed by atoms with E-state index in [0.29, 0.717) is 17.7 Å². The van der Waals surface area contributed by atoms with Crippen LogP contribution in [0.2, 0.25) is 0 Å². The number of rotatable bonds is 6. The average molecular weight is 416 g/mol. The predicted octanol–water partition coefficient (Wildman–Crippen LogP) is 3.21. The van der Waals surface area contributed by atoms with Crippen molar-refractivity contribution < 1.29 is 13.2 Å². The molecule has 0 fully saturated rings. The van der Waals surface area contributed by atoms with Gasteiger partial charge in [-0.1, -0.05) is 42.5 Å². The molecule has 146 valence electrons. The summed E-state index contributed by atoms with van der Waals surface area (Å²) in [5, 5.41) is 7.82. The van der Waals surface area contributed by atoms with E-state index >= 15 is 0 Å². The van der Waals surface area contributed by atoms with Crippen LogP contribution >= 0.6 is 11.3 Å². The SMILES string of the molecule is CC(c1cccc(S(N)(=O)=O)c1)N(C)C(=O)c1csc(Cc2ccccc2)n1. The number of sulfonamides is 1. The third-order valence-corrected chi connectivity index (χ3v) is 6.30. The van der Waals surface area contributed by atoms with Crippen LogP contribution in [0.15, 0.2) is 64.9 Å². The lowest BCUT2D eigenvalue weighted by atomic mass is 10.1. The molecule has 2 aromatic carbocycles. The molecule has 3 aromatic rings. The lowest BCUT2D eigenvalue weighted by Gasteiger charge is -2.25. The third kappa shape index (κ3) is 4.64. The molecule has 0 saturated heterocycles. The zero-order valence-corrected chi connectivity index (χ0v) is 17.2. The average Bonchev–Trinajstić information content (AvgIpc) is 3.15. The first kappa shape index (κ1) is 20.2. The minimum Gasteiger partial charge on any atom is -0.334 e. The van der Waals surface area contributed by atoms with E-state index in [9.17, 15) is 13.2 Å². The zero-order chi connectivity index (χ0) is 20.3. The molecule has 28 heavy (non-hydrogen) atoms. The van der Waals surface area contributed by atoms with Crippen molar-refractivity contribution >= 4 is 27.3 Å². The first-order chi connectivity index (χ1) is 13.3. The highest BCUT2D eigenvalue weighted by Crippen LogP contribution is 2.24. The summed E-state index contributed by atoms with van der Waals surface area (Å²) in [7, 11) is -2.12. The van der Waals surface area contributed by atoms with Crippen molar-refractivity contribution in [3.8, 4) is 0 Å². The van der Waals surface area contributed by atoms with Gasteiger partial charge in [-0.05, 0) is 30.2 Å². The lowest BCUT2D eigenvalue weighted by Crippen LogP contribution is -2.30. The van der Waals surface area contributed by atoms with Gasteiger partial charge >= 0.3 is 0 Å². The molecule has 8 heteroatoms. The molecule has 1 atom stereocenters. The number of primary sulfonamides is 1. The van der Waals surface area contributed by atoms with Gasteiger partial charge in [0, 0.05) is 18.8 Å². The molecule has 0 spiro atoms. The molecular weight excluding hydrogens is 394 g/mol. The molecular formula is C20H21N3O3S2. The summed E-state index contributed by atoms with van der Waals surface area (Å²) in [5.74, 6) is -0.218. The Morgan fingerprint density at radius 2 is 1.89 bits per heavy atom. The number of thiazole rings is 1. The Hall–Kier alpha value is -2.55. The number of nitrogens with two attached hydrogens (primary N) is 1. The molecule has 3 rings (SSSR count). The second kappa shape index (κ2) is 8.22. The van der Waals surface area contributed by atoms with Gasteiger partial charge in [-0.2, -0.15) is 0 Å². The maximum atomic E-state index is 12.8. The summed E-state index contributed by atoms with van der Waals surface area (Å²) in [6.45, 7) is 1.83. The first-order valence-electron chi connectivity index (χ1n) is 8.64. The number of carbonyl (C=O) groups is 1. The van der Waals surface area contributed by atoms with E-state index in [1.807, 2.05) is 37.3 Å². The smallest absolute Gasteiger partial charge is 0.273 e. The third-order valence-electron chi connectivity index (χ3n) is 4.54. The van der Waals surface area contributed by atoms with Crippen LogP contribution in [0, 0.1) is 0 Å². The maximum Gasteiger partial charge on any atom is 0.273 e. The van der Waals surface area contributed by atoms with E-state index < -0.39 is 10.0 Å². The number of carbonyl (C=O) groups excluding carboxylic acids is 1. The van der Waals surface area contributed by atoms with Gasteiger partial charge in [-0.3, -0.25) is 4.79 Å². The molecule has 0 radical (unpaired) electrons. The van der Waals surface area contributed by atoms with Gasteiger partial charge in [0.15, 0.2) is 0 Å². The fourth-order valence-electron chi connectivity index (χ4n) is 2.79. The molecule has 1 aromatic heterocycles. The largest absolute Gasteiger partial charge is 0.334 e. The molecule has 0 bridgehead atoms. The van der Waals surface area contributed by atoms with E-state index in [4.69, 9.17) is 5.14 Å². The summed E-state index contributed by atoms with van der Waals surface area (Å²) < 4.78 is 23.1. The minimum absolute atomic E-state index is 0.0245. The van der Waals surface area contributed by atoms with Crippen molar-refractivity contribution in [1.82, 2.24) is 9.88 Å². The molecule has 2 N–H and O–H groups in total. The second-order valence-corrected chi connectivity index (χ2v) is 9.00. The summed E-state index contributed by atoms with van der Waals surface area (Å²) in [4.78, 5) is 18.9. The van der Waals surface area contributed by atoms with Crippen LogP contribution in [0.5, 0.6) is 0 Å². The number of nitrogens with zero attached hydrogens (tertiary/aromatic N) is 2. The van der Waals surface area contributed by atoms with Crippen molar-refractivity contribution in [3.05, 3.63) is 81.8 Å². The zero-order valence-electron chi connectivity index (χ0n) is 15.6. The highest BCUT2D eigenvalue weighted by Gasteiger charge is 2.22. The van der Waals surface area contributed by atoms with Gasteiger partial charge in [-0.15, -0.1) is 11.3 Å². The Bertz CT molecular complexity index is 1080. The predicted molar refractivity (Wildman–Crippen MR) is 110 cm³/mol. The van der Waals surface area contributed by atoms with Crippen molar-refractivity contribution in [2.24, 2.45) is 5.14 Å². The van der Waals surface area contributed by atoms with Crippen LogP contribution in [0.4, 0.5) is 0 Å². The quantitative estimate of drug-likeness (QED) is 0.669. The molecule has 1 heterocycles. The first-order valence-corrected chi connectivity index (χ1v) is 11.1. The van der Waals surface area contributed by atoms with Crippen molar-refractivity contribution in [2.75, 3.05) is 7.05 Å². The number of hydrogen-bond acceptors (Lipinski definition) is 5. The summed E-state index contributed by atoms with van der Waals surface area (Å²) >= 11 is 1.45. The number of amides is 1. The van der Waals surface area contributed by atoms with Gasteiger partial charge in [0.1, 0.15) is 5.69 Å². The fourth-order valence-corrected chi connectivity index (χ4v) is 4.16. The monoisotopic (exact) mass is 415 g/mol. The summed E-state index contributed by atoms with van der Waals surface area (Å²) in [5.41, 5.74) is 2.20. The van der Waals surface area contributed by atoms with Gasteiger partial charge in [0.05, 0.1) is 15.9 Å². The second-order valence-electron chi connectivity index (χ2n) is 6.50. The van der Waals surface area contributed by atoms with Crippen LogP contribution in [-0.2, 0) is 16.4 Å². The molecule has 1 unspecified atom stereocenters. The Kier molecular flexibility index (Phi) is 5.93. The van der Waals surface area contributed by atoms with Crippen LogP contribution in [0.3, 0.4) is 0 Å². The summed E-state index contributed by atoms with van der Waals surface area (Å²) in [6.07, 6.45) is 0.675. The maximum absolute atomic E-state index is 12.8. The highest BCUT2D eigenvalue weighted by molar-refractivity contribution is 7.89. The van der Waals surface area contributed by atoms with E-state index in [-0.39, 0.29) is 16.8 Å². The van der Waals surface area contributed by atoms with E-state index in [1.165, 1.54) is 23.5 Å². The number of hydrogen-bond donors (Lipinski definition) is 1. The minimum atomic E-state index is -3.80. The number of benzene rings is 2. The summed E-state index contributed by atoms with van der Waals surface area (Å²) in [6, 6.07) is 15.9. The van der Waals surface area contributed by atoms with Crippen LogP contribution in [0.1, 0.15) is 39.6 Å². The van der Waals surface area contributed by atoms with Crippen LogP contribution < -0.4 is 5.14 Å². The Balaban J connectivity index is 1.76. The van der Waals surface area contributed by atoms with E-state index in [1.54, 1.807) is 29.5 Å². The van der Waals surface area contributed by atoms with Gasteiger partial charge in [0.25, 0.3) is 5.91 Å². The normalized spacial score (nSPS) is 12.5. The van der Waals surface area contributed by atoms with Gasteiger partial charge in [0.2, 0.25) is 10.0 Å². The molecule has 0 aliphatic heterocycles. The molecule has 1 amide bonds. The van der Waals surface area contributed by atoms with Crippen LogP contribution in [0.25, 0.3) is 0 Å². The lowest BCUT2D eigenvalue weighted by molar-refractivity contribution is 0.0737. The Morgan fingerprint density at radius 3 is 2.57 bits per heavy atom. The van der Waals surface area contributed by atoms with E-state index in [0.717, 1.165) is 10.6 Å². The standard InChI is InChI=1S/C20H21N3O3S2/c1-14(16-9-6-10-17(12-16)28(21,25)26)23(2)20(24)18-13-27-19(22-18)11-15-7-4-3-5-8-15/h3-10,12-14H,11H2,1-2H3,(H2,21,25,26). The van der Waals surface area contributed by atoms with Crippen LogP contribution in [-0.4, -0.2) is 31.3 Å². The molecule has 0 aliphatic rings. The Labute approximate surface area is 168 Å². The topological polar surface area (TPSA) is 93.4 Å². The molecule has 0 saturated carbocycles. The van der Waals surface area contributed by atoms with E-state index in [2.05, 4.69) is 4.98 Å². The van der Waals surface area contributed by atoms with Gasteiger partial charge < -0.3 is 4.90 Å². The Morgan fingerprint density at radius 1 is 1.18 bits per heavy atom. The van der Waals surface area contributed by atoms with Gasteiger partial charge in [-0.25, -0.2) is 18.5 Å². The van der Waals surface area contributed by atoms with Crippen molar-refractivity contribution in [2.45, 2.75) is 24.3 Å².